The first-order chi connectivity index (χ1) is 15.0. The largest absolute Gasteiger partial charge is 0.497 e. The zero-order valence-electron chi connectivity index (χ0n) is 17.8. The molecule has 31 heavy (non-hydrogen) atoms. The number of hydrogen-bond acceptors (Lipinski definition) is 5. The number of nitrogens with zero attached hydrogens (tertiary/aromatic N) is 2. The first-order valence-corrected chi connectivity index (χ1v) is 11.2. The molecule has 0 radical (unpaired) electrons. The Bertz CT molecular complexity index is 1120. The molecule has 160 valence electrons. The van der Waals surface area contributed by atoms with Crippen molar-refractivity contribution in [2.45, 2.75) is 26.7 Å². The number of amides is 2. The van der Waals surface area contributed by atoms with Crippen molar-refractivity contribution in [1.82, 2.24) is 4.98 Å². The summed E-state index contributed by atoms with van der Waals surface area (Å²) in [5.41, 5.74) is 4.45. The van der Waals surface area contributed by atoms with Crippen LogP contribution < -0.4 is 15.0 Å². The van der Waals surface area contributed by atoms with Gasteiger partial charge in [-0.25, -0.2) is 4.98 Å². The van der Waals surface area contributed by atoms with E-state index in [-0.39, 0.29) is 17.7 Å². The first kappa shape index (κ1) is 21.1. The van der Waals surface area contributed by atoms with Crippen LogP contribution in [0.4, 0.5) is 10.8 Å². The van der Waals surface area contributed by atoms with Crippen LogP contribution in [0.2, 0.25) is 0 Å². The van der Waals surface area contributed by atoms with Gasteiger partial charge in [0.1, 0.15) is 5.75 Å². The van der Waals surface area contributed by atoms with Gasteiger partial charge in [0.2, 0.25) is 5.91 Å². The summed E-state index contributed by atoms with van der Waals surface area (Å²) in [6.45, 7) is 4.74. The molecule has 6 nitrogen and oxygen atoms in total. The number of fused-ring (bicyclic) bond motifs is 1. The molecular weight excluding hydrogens is 410 g/mol. The zero-order valence-corrected chi connectivity index (χ0v) is 18.7. The summed E-state index contributed by atoms with van der Waals surface area (Å²) in [7, 11) is 1.57. The first-order valence-electron chi connectivity index (χ1n) is 10.4. The van der Waals surface area contributed by atoms with E-state index in [4.69, 9.17) is 4.74 Å². The van der Waals surface area contributed by atoms with E-state index in [1.54, 1.807) is 31.4 Å². The Hall–Kier alpha value is -3.19. The minimum absolute atomic E-state index is 0.0277. The molecule has 4 rings (SSSR count). The van der Waals surface area contributed by atoms with Crippen molar-refractivity contribution in [1.29, 1.82) is 0 Å². The van der Waals surface area contributed by atoms with Crippen LogP contribution >= 0.6 is 11.3 Å². The van der Waals surface area contributed by atoms with Crippen molar-refractivity contribution in [3.63, 3.8) is 0 Å². The third kappa shape index (κ3) is 4.32. The maximum absolute atomic E-state index is 12.6. The topological polar surface area (TPSA) is 71.5 Å². The van der Waals surface area contributed by atoms with E-state index >= 15 is 0 Å². The van der Waals surface area contributed by atoms with Crippen LogP contribution in [0.5, 0.6) is 5.75 Å². The number of aromatic nitrogens is 1. The standard InChI is InChI=1S/C24H25N3O3S/c1-4-15(2)23(29)27-11-10-17-12-16(8-9-21(17)27)20-14-31-24(25-20)26-22(28)18-6-5-7-19(13-18)30-3/h5-9,12-15H,4,10-11H2,1-3H3,(H,25,26,28)/t15-/m0/s1. The number of rotatable bonds is 6. The van der Waals surface area contributed by atoms with Crippen molar-refractivity contribution in [2.75, 3.05) is 23.9 Å². The summed E-state index contributed by atoms with van der Waals surface area (Å²) < 4.78 is 5.18. The summed E-state index contributed by atoms with van der Waals surface area (Å²) in [6, 6.07) is 13.1. The SMILES string of the molecule is CC[C@H](C)C(=O)N1CCc2cc(-c3csc(NC(=O)c4cccc(OC)c4)n3)ccc21. The molecule has 1 aliphatic rings. The lowest BCUT2D eigenvalue weighted by atomic mass is 10.1. The van der Waals surface area contributed by atoms with Gasteiger partial charge in [0.25, 0.3) is 5.91 Å². The number of anilines is 2. The fourth-order valence-corrected chi connectivity index (χ4v) is 4.34. The van der Waals surface area contributed by atoms with Gasteiger partial charge in [0, 0.05) is 34.7 Å². The third-order valence-electron chi connectivity index (χ3n) is 5.63. The summed E-state index contributed by atoms with van der Waals surface area (Å²) in [6.07, 6.45) is 1.68. The van der Waals surface area contributed by atoms with Gasteiger partial charge in [-0.15, -0.1) is 11.3 Å². The van der Waals surface area contributed by atoms with Gasteiger partial charge in [0.05, 0.1) is 12.8 Å². The predicted molar refractivity (Wildman–Crippen MR) is 124 cm³/mol. The van der Waals surface area contributed by atoms with Gasteiger partial charge >= 0.3 is 0 Å². The number of hydrogen-bond donors (Lipinski definition) is 1. The molecule has 7 heteroatoms. The van der Waals surface area contributed by atoms with Crippen molar-refractivity contribution >= 4 is 34.0 Å². The highest BCUT2D eigenvalue weighted by Gasteiger charge is 2.27. The smallest absolute Gasteiger partial charge is 0.257 e. The summed E-state index contributed by atoms with van der Waals surface area (Å²) in [5.74, 6) is 0.615. The van der Waals surface area contributed by atoms with Crippen molar-refractivity contribution in [3.05, 3.63) is 59.0 Å². The molecule has 0 unspecified atom stereocenters. The zero-order chi connectivity index (χ0) is 22.0. The lowest BCUT2D eigenvalue weighted by Gasteiger charge is -2.21. The normalized spacial score (nSPS) is 13.6. The summed E-state index contributed by atoms with van der Waals surface area (Å²) in [5, 5.41) is 5.32. The Labute approximate surface area is 185 Å². The molecule has 0 saturated carbocycles. The van der Waals surface area contributed by atoms with Gasteiger partial charge in [-0.05, 0) is 48.7 Å². The third-order valence-corrected chi connectivity index (χ3v) is 6.39. The van der Waals surface area contributed by atoms with Crippen molar-refractivity contribution in [2.24, 2.45) is 5.92 Å². The van der Waals surface area contributed by atoms with E-state index in [0.29, 0.717) is 16.4 Å². The molecule has 1 aromatic heterocycles. The minimum Gasteiger partial charge on any atom is -0.497 e. The minimum atomic E-state index is -0.229. The van der Waals surface area contributed by atoms with E-state index in [2.05, 4.69) is 16.4 Å². The highest BCUT2D eigenvalue weighted by molar-refractivity contribution is 7.14. The van der Waals surface area contributed by atoms with Crippen LogP contribution in [-0.4, -0.2) is 30.5 Å². The van der Waals surface area contributed by atoms with E-state index in [0.717, 1.165) is 41.9 Å². The van der Waals surface area contributed by atoms with Gasteiger partial charge in [0.15, 0.2) is 5.13 Å². The van der Waals surface area contributed by atoms with Crippen LogP contribution in [0.1, 0.15) is 36.2 Å². The van der Waals surface area contributed by atoms with Gasteiger partial charge in [-0.1, -0.05) is 26.0 Å². The average Bonchev–Trinajstić information content (AvgIpc) is 3.44. The molecule has 0 saturated heterocycles. The predicted octanol–water partition coefficient (Wildman–Crippen LogP) is 5.01. The van der Waals surface area contributed by atoms with Crippen molar-refractivity contribution in [3.8, 4) is 17.0 Å². The van der Waals surface area contributed by atoms with E-state index in [1.807, 2.05) is 36.3 Å². The fourth-order valence-electron chi connectivity index (χ4n) is 3.63. The molecule has 0 spiro atoms. The van der Waals surface area contributed by atoms with Gasteiger partial charge in [-0.2, -0.15) is 0 Å². The second-order valence-electron chi connectivity index (χ2n) is 7.62. The molecular formula is C24H25N3O3S. The summed E-state index contributed by atoms with van der Waals surface area (Å²) in [4.78, 5) is 31.6. The molecule has 0 aliphatic carbocycles. The summed E-state index contributed by atoms with van der Waals surface area (Å²) >= 11 is 1.38. The second kappa shape index (κ2) is 8.89. The van der Waals surface area contributed by atoms with Gasteiger partial charge < -0.3 is 9.64 Å². The number of methoxy groups -OCH3 is 1. The number of carbonyl (C=O) groups is 2. The Kier molecular flexibility index (Phi) is 6.04. The highest BCUT2D eigenvalue weighted by Crippen LogP contribution is 2.34. The van der Waals surface area contributed by atoms with Crippen molar-refractivity contribution < 1.29 is 14.3 Å². The molecule has 1 N–H and O–H groups in total. The quantitative estimate of drug-likeness (QED) is 0.591. The van der Waals surface area contributed by atoms with E-state index in [1.165, 1.54) is 11.3 Å². The number of benzene rings is 2. The molecule has 3 aromatic rings. The van der Waals surface area contributed by atoms with Crippen LogP contribution in [0.25, 0.3) is 11.3 Å². The van der Waals surface area contributed by atoms with Crippen LogP contribution in [0, 0.1) is 5.92 Å². The Morgan fingerprint density at radius 1 is 1.26 bits per heavy atom. The van der Waals surface area contributed by atoms with Crippen LogP contribution in [0.3, 0.4) is 0 Å². The molecule has 1 aliphatic heterocycles. The maximum Gasteiger partial charge on any atom is 0.257 e. The lowest BCUT2D eigenvalue weighted by Crippen LogP contribution is -2.33. The molecule has 0 bridgehead atoms. The molecule has 1 atom stereocenters. The van der Waals surface area contributed by atoms with Crippen LogP contribution in [0.15, 0.2) is 47.8 Å². The number of ether oxygens (including phenoxy) is 1. The lowest BCUT2D eigenvalue weighted by molar-refractivity contribution is -0.121. The van der Waals surface area contributed by atoms with Gasteiger partial charge in [-0.3, -0.25) is 14.9 Å². The Balaban J connectivity index is 1.49. The molecule has 2 amide bonds. The van der Waals surface area contributed by atoms with E-state index < -0.39 is 0 Å². The molecule has 2 aromatic carbocycles. The van der Waals surface area contributed by atoms with E-state index in [9.17, 15) is 9.59 Å². The Morgan fingerprint density at radius 2 is 2.10 bits per heavy atom. The molecule has 0 fully saturated rings. The maximum atomic E-state index is 12.6. The average molecular weight is 436 g/mol. The molecule has 2 heterocycles. The highest BCUT2D eigenvalue weighted by atomic mass is 32.1. The van der Waals surface area contributed by atoms with Crippen LogP contribution in [-0.2, 0) is 11.2 Å². The fraction of sp³-hybridized carbons (Fsp3) is 0.292. The number of carbonyl (C=O) groups excluding carboxylic acids is 2. The second-order valence-corrected chi connectivity index (χ2v) is 8.47. The number of thiazole rings is 1. The monoisotopic (exact) mass is 435 g/mol. The number of nitrogens with one attached hydrogen (secondary N) is 1. The Morgan fingerprint density at radius 3 is 2.87 bits per heavy atom.